The Kier molecular flexibility index (Phi) is 4.67. The van der Waals surface area contributed by atoms with Gasteiger partial charge in [-0.15, -0.1) is 11.3 Å². The maximum absolute atomic E-state index is 12.4. The normalized spacial score (nSPS) is 10.6. The molecule has 3 rings (SSSR count). The van der Waals surface area contributed by atoms with Crippen LogP contribution in [0, 0.1) is 13.8 Å². The molecule has 128 valence electrons. The summed E-state index contributed by atoms with van der Waals surface area (Å²) in [6.07, 6.45) is 0. The van der Waals surface area contributed by atoms with Crippen LogP contribution in [-0.2, 0) is 6.54 Å². The molecule has 3 N–H and O–H groups in total. The first-order valence-corrected chi connectivity index (χ1v) is 8.52. The van der Waals surface area contributed by atoms with Gasteiger partial charge in [-0.05, 0) is 36.4 Å². The number of nitrogens with one attached hydrogen (secondary N) is 1. The number of rotatable bonds is 4. The van der Waals surface area contributed by atoms with Gasteiger partial charge < -0.3 is 15.5 Å². The van der Waals surface area contributed by atoms with Crippen LogP contribution in [0.2, 0.25) is 0 Å². The van der Waals surface area contributed by atoms with E-state index >= 15 is 0 Å². The fourth-order valence-electron chi connectivity index (χ4n) is 2.37. The van der Waals surface area contributed by atoms with Crippen LogP contribution >= 0.6 is 11.3 Å². The number of aryl methyl sites for hydroxylation is 2. The van der Waals surface area contributed by atoms with E-state index in [1.807, 2.05) is 43.5 Å². The average molecular weight is 355 g/mol. The molecule has 1 amide bonds. The highest BCUT2D eigenvalue weighted by molar-refractivity contribution is 7.13. The molecule has 0 atom stereocenters. The van der Waals surface area contributed by atoms with Crippen LogP contribution in [0.15, 0.2) is 35.7 Å². The highest BCUT2D eigenvalue weighted by atomic mass is 32.1. The van der Waals surface area contributed by atoms with Crippen molar-refractivity contribution in [3.05, 3.63) is 58.1 Å². The van der Waals surface area contributed by atoms with E-state index in [1.165, 1.54) is 11.3 Å². The van der Waals surface area contributed by atoms with Gasteiger partial charge in [-0.1, -0.05) is 29.8 Å². The Morgan fingerprint density at radius 1 is 1.20 bits per heavy atom. The van der Waals surface area contributed by atoms with Crippen molar-refractivity contribution in [3.8, 4) is 22.3 Å². The zero-order valence-corrected chi connectivity index (χ0v) is 14.6. The van der Waals surface area contributed by atoms with Crippen molar-refractivity contribution in [2.75, 3.05) is 0 Å². The van der Waals surface area contributed by atoms with Crippen LogP contribution in [-0.4, -0.2) is 26.1 Å². The Balaban J connectivity index is 1.85. The summed E-state index contributed by atoms with van der Waals surface area (Å²) in [6.45, 7) is 4.24. The first-order valence-electron chi connectivity index (χ1n) is 7.64. The van der Waals surface area contributed by atoms with Crippen LogP contribution in [0.4, 0.5) is 0 Å². The van der Waals surface area contributed by atoms with E-state index in [-0.39, 0.29) is 11.5 Å². The molecule has 3 aromatic rings. The summed E-state index contributed by atoms with van der Waals surface area (Å²) >= 11 is 1.38. The quantitative estimate of drug-likeness (QED) is 0.668. The van der Waals surface area contributed by atoms with E-state index in [1.54, 1.807) is 6.07 Å². The lowest BCUT2D eigenvalue weighted by atomic mass is 10.1. The molecule has 0 saturated heterocycles. The number of amides is 1. The molecule has 0 aliphatic heterocycles. The number of carbonyl (C=O) groups is 1. The summed E-state index contributed by atoms with van der Waals surface area (Å²) < 4.78 is 0. The molecule has 0 bridgehead atoms. The topological polar surface area (TPSA) is 95.3 Å². The second-order valence-electron chi connectivity index (χ2n) is 5.66. The molecule has 0 unspecified atom stereocenters. The molecule has 2 heterocycles. The fourth-order valence-corrected chi connectivity index (χ4v) is 3.02. The standard InChI is InChI=1S/C18H17N3O3S/c1-10-5-6-11(2)12(8-10)9-19-17(23)14-15(22)18(24)21-16(20-14)13-4-3-7-25-13/h3-8,22H,9H2,1-2H3,(H,19,23)(H,20,21,24). The van der Waals surface area contributed by atoms with Crippen molar-refractivity contribution in [2.24, 2.45) is 0 Å². The van der Waals surface area contributed by atoms with Gasteiger partial charge in [-0.2, -0.15) is 4.98 Å². The average Bonchev–Trinajstić information content (AvgIpc) is 3.12. The third-order valence-corrected chi connectivity index (χ3v) is 4.63. The molecule has 0 aliphatic rings. The fraction of sp³-hybridized carbons (Fsp3) is 0.167. The molecule has 2 aromatic heterocycles. The molecule has 1 aromatic carbocycles. The minimum absolute atomic E-state index is 0.196. The van der Waals surface area contributed by atoms with Crippen LogP contribution < -0.4 is 5.32 Å². The van der Waals surface area contributed by atoms with Crippen molar-refractivity contribution in [3.63, 3.8) is 0 Å². The number of aromatic hydroxyl groups is 2. The monoisotopic (exact) mass is 355 g/mol. The number of benzene rings is 1. The second-order valence-corrected chi connectivity index (χ2v) is 6.61. The SMILES string of the molecule is Cc1ccc(C)c(CNC(=O)c2nc(-c3cccs3)nc(O)c2O)c1. The molecular weight excluding hydrogens is 338 g/mol. The van der Waals surface area contributed by atoms with Crippen LogP contribution in [0.25, 0.3) is 10.7 Å². The van der Waals surface area contributed by atoms with Crippen molar-refractivity contribution < 1.29 is 15.0 Å². The largest absolute Gasteiger partial charge is 0.501 e. The van der Waals surface area contributed by atoms with Gasteiger partial charge in [0.1, 0.15) is 0 Å². The van der Waals surface area contributed by atoms with Gasteiger partial charge in [0.15, 0.2) is 11.5 Å². The Morgan fingerprint density at radius 2 is 2.00 bits per heavy atom. The zero-order valence-electron chi connectivity index (χ0n) is 13.8. The molecular formula is C18H17N3O3S. The molecule has 25 heavy (non-hydrogen) atoms. The number of hydrogen-bond acceptors (Lipinski definition) is 6. The number of carbonyl (C=O) groups excluding carboxylic acids is 1. The zero-order chi connectivity index (χ0) is 18.0. The highest BCUT2D eigenvalue weighted by Gasteiger charge is 2.20. The first kappa shape index (κ1) is 16.9. The number of hydrogen-bond donors (Lipinski definition) is 3. The molecule has 0 radical (unpaired) electrons. The minimum atomic E-state index is -0.626. The summed E-state index contributed by atoms with van der Waals surface area (Å²) in [4.78, 5) is 21.1. The second kappa shape index (κ2) is 6.90. The van der Waals surface area contributed by atoms with Crippen molar-refractivity contribution in [1.82, 2.24) is 15.3 Å². The van der Waals surface area contributed by atoms with Crippen LogP contribution in [0.1, 0.15) is 27.2 Å². The van der Waals surface area contributed by atoms with Gasteiger partial charge >= 0.3 is 0 Å². The predicted molar refractivity (Wildman–Crippen MR) is 95.8 cm³/mol. The lowest BCUT2D eigenvalue weighted by molar-refractivity contribution is 0.0942. The van der Waals surface area contributed by atoms with E-state index in [0.717, 1.165) is 16.7 Å². The Morgan fingerprint density at radius 3 is 2.72 bits per heavy atom. The lowest BCUT2D eigenvalue weighted by Crippen LogP contribution is -2.24. The number of nitrogens with zero attached hydrogens (tertiary/aromatic N) is 2. The smallest absolute Gasteiger partial charge is 0.274 e. The first-order chi connectivity index (χ1) is 12.0. The Labute approximate surface area is 148 Å². The maximum atomic E-state index is 12.4. The van der Waals surface area contributed by atoms with Crippen molar-refractivity contribution >= 4 is 17.2 Å². The number of aromatic nitrogens is 2. The summed E-state index contributed by atoms with van der Waals surface area (Å²) in [6, 6.07) is 9.56. The van der Waals surface area contributed by atoms with Crippen LogP contribution in [0.5, 0.6) is 11.6 Å². The van der Waals surface area contributed by atoms with Gasteiger partial charge in [0.25, 0.3) is 11.8 Å². The summed E-state index contributed by atoms with van der Waals surface area (Å²) in [5.74, 6) is -1.62. The van der Waals surface area contributed by atoms with Gasteiger partial charge in [-0.25, -0.2) is 4.98 Å². The Bertz CT molecular complexity index is 924. The maximum Gasteiger partial charge on any atom is 0.274 e. The van der Waals surface area contributed by atoms with Crippen LogP contribution in [0.3, 0.4) is 0 Å². The van der Waals surface area contributed by atoms with E-state index in [2.05, 4.69) is 15.3 Å². The molecule has 0 fully saturated rings. The molecule has 0 spiro atoms. The third-order valence-electron chi connectivity index (χ3n) is 3.77. The highest BCUT2D eigenvalue weighted by Crippen LogP contribution is 2.30. The molecule has 7 heteroatoms. The van der Waals surface area contributed by atoms with Crippen molar-refractivity contribution in [2.45, 2.75) is 20.4 Å². The van der Waals surface area contributed by atoms with Gasteiger partial charge in [-0.3, -0.25) is 4.79 Å². The minimum Gasteiger partial charge on any atom is -0.501 e. The van der Waals surface area contributed by atoms with Crippen molar-refractivity contribution in [1.29, 1.82) is 0 Å². The predicted octanol–water partition coefficient (Wildman–Crippen LogP) is 3.16. The Hall–Kier alpha value is -2.93. The van der Waals surface area contributed by atoms with E-state index in [0.29, 0.717) is 11.4 Å². The third kappa shape index (κ3) is 3.61. The molecule has 0 saturated carbocycles. The van der Waals surface area contributed by atoms with E-state index in [9.17, 15) is 15.0 Å². The summed E-state index contributed by atoms with van der Waals surface area (Å²) in [5.41, 5.74) is 2.88. The van der Waals surface area contributed by atoms with Gasteiger partial charge in [0.05, 0.1) is 4.88 Å². The molecule has 0 aliphatic carbocycles. The summed E-state index contributed by atoms with van der Waals surface area (Å²) in [5, 5.41) is 24.3. The van der Waals surface area contributed by atoms with Gasteiger partial charge in [0.2, 0.25) is 5.75 Å². The lowest BCUT2D eigenvalue weighted by Gasteiger charge is -2.10. The van der Waals surface area contributed by atoms with E-state index < -0.39 is 17.5 Å². The van der Waals surface area contributed by atoms with E-state index in [4.69, 9.17) is 0 Å². The summed E-state index contributed by atoms with van der Waals surface area (Å²) in [7, 11) is 0. The number of thiophene rings is 1. The molecule has 6 nitrogen and oxygen atoms in total. The van der Waals surface area contributed by atoms with Gasteiger partial charge in [0, 0.05) is 6.54 Å².